The molecule has 30 heavy (non-hydrogen) atoms. The molecule has 0 amide bonds. The number of nitrogens with zero attached hydrogens (tertiary/aromatic N) is 2. The van der Waals surface area contributed by atoms with Crippen molar-refractivity contribution in [2.24, 2.45) is 10.8 Å². The number of Topliss-reactive ketones (excluding diaryl/α,β-unsaturated/α-hetero) is 1. The maximum absolute atomic E-state index is 12.5. The quantitative estimate of drug-likeness (QED) is 0.487. The van der Waals surface area contributed by atoms with Crippen LogP contribution in [-0.2, 0) is 4.79 Å². The van der Waals surface area contributed by atoms with E-state index in [2.05, 4.69) is 58.9 Å². The van der Waals surface area contributed by atoms with E-state index in [4.69, 9.17) is 0 Å². The van der Waals surface area contributed by atoms with Crippen LogP contribution < -0.4 is 0 Å². The van der Waals surface area contributed by atoms with Crippen molar-refractivity contribution in [1.82, 2.24) is 9.80 Å². The molecule has 4 aliphatic heterocycles. The van der Waals surface area contributed by atoms with Crippen LogP contribution in [0, 0.1) is 33.8 Å². The lowest BCUT2D eigenvalue weighted by Gasteiger charge is -2.37. The fraction of sp³-hybridized carbons (Fsp3) is 0.800. The molecule has 0 aromatic heterocycles. The van der Waals surface area contributed by atoms with Gasteiger partial charge in [-0.25, -0.2) is 0 Å². The summed E-state index contributed by atoms with van der Waals surface area (Å²) in [6, 6.07) is 2.48. The minimum Gasteiger partial charge on any atom is -0.303 e. The van der Waals surface area contributed by atoms with E-state index in [9.17, 15) is 4.79 Å². The zero-order chi connectivity index (χ0) is 21.5. The normalized spacial score (nSPS) is 35.2. The van der Waals surface area contributed by atoms with Gasteiger partial charge in [-0.2, -0.15) is 0 Å². The second-order valence-electron chi connectivity index (χ2n) is 12.2. The number of ketones is 1. The largest absolute Gasteiger partial charge is 0.303 e. The van der Waals surface area contributed by atoms with Crippen LogP contribution >= 0.6 is 0 Å². The first kappa shape index (κ1) is 22.3. The molecule has 164 valence electrons. The Bertz CT molecular complexity index is 740. The van der Waals surface area contributed by atoms with Crippen molar-refractivity contribution in [3.63, 3.8) is 0 Å². The predicted octanol–water partition coefficient (Wildman–Crippen LogP) is 4.03. The third-order valence-corrected chi connectivity index (χ3v) is 12.9. The van der Waals surface area contributed by atoms with Gasteiger partial charge in [-0.3, -0.25) is 4.79 Å². The standard InChI is InChI=1S/C25H40N2OSi2/c1-29(2,21-24-9-5-13-26(19-24)15-11-24)17-7-23(28)8-18-30(3,4)22-25-10-6-14-27(20-25)16-12-25/h5-6,9-16,19-22H2,1-4H3. The van der Waals surface area contributed by atoms with Crippen LogP contribution in [0.3, 0.4) is 0 Å². The summed E-state index contributed by atoms with van der Waals surface area (Å²) >= 11 is 0. The van der Waals surface area contributed by atoms with Gasteiger partial charge in [0, 0.05) is 13.1 Å². The SMILES string of the molecule is C[Si](C)(C#CC(=O)C#C[Si](C)(C)CC12CCCN(CC1)C2)CC12CCCN(CC1)C2. The molecule has 4 fully saturated rings. The van der Waals surface area contributed by atoms with Gasteiger partial charge in [0.1, 0.15) is 16.1 Å². The van der Waals surface area contributed by atoms with Crippen molar-refractivity contribution >= 4 is 21.9 Å². The van der Waals surface area contributed by atoms with E-state index >= 15 is 0 Å². The molecule has 0 spiro atoms. The van der Waals surface area contributed by atoms with E-state index in [1.54, 1.807) is 0 Å². The van der Waals surface area contributed by atoms with E-state index in [0.717, 1.165) is 0 Å². The molecular weight excluding hydrogens is 400 g/mol. The minimum absolute atomic E-state index is 0.139. The van der Waals surface area contributed by atoms with Gasteiger partial charge in [0.15, 0.2) is 0 Å². The van der Waals surface area contributed by atoms with E-state index in [1.807, 2.05) is 0 Å². The highest BCUT2D eigenvalue weighted by molar-refractivity contribution is 6.86. The molecule has 0 radical (unpaired) electrons. The van der Waals surface area contributed by atoms with E-state index in [0.29, 0.717) is 10.8 Å². The van der Waals surface area contributed by atoms with Crippen molar-refractivity contribution in [2.75, 3.05) is 39.3 Å². The van der Waals surface area contributed by atoms with Gasteiger partial charge in [0.2, 0.25) is 0 Å². The third-order valence-electron chi connectivity index (χ3n) is 8.06. The van der Waals surface area contributed by atoms with Crippen LogP contribution in [0.2, 0.25) is 38.3 Å². The van der Waals surface area contributed by atoms with Gasteiger partial charge in [-0.1, -0.05) is 26.2 Å². The monoisotopic (exact) mass is 440 g/mol. The summed E-state index contributed by atoms with van der Waals surface area (Å²) in [4.78, 5) is 17.8. The lowest BCUT2D eigenvalue weighted by atomic mass is 9.83. The van der Waals surface area contributed by atoms with Crippen LogP contribution in [0.1, 0.15) is 38.5 Å². The summed E-state index contributed by atoms with van der Waals surface area (Å²) in [5.74, 6) is 5.81. The van der Waals surface area contributed by atoms with E-state index < -0.39 is 16.1 Å². The lowest BCUT2D eigenvalue weighted by Crippen LogP contribution is -2.40. The summed E-state index contributed by atoms with van der Waals surface area (Å²) in [6.07, 6.45) is 8.04. The van der Waals surface area contributed by atoms with Gasteiger partial charge >= 0.3 is 0 Å². The van der Waals surface area contributed by atoms with Crippen LogP contribution in [0.5, 0.6) is 0 Å². The number of carbonyl (C=O) groups excluding carboxylic acids is 1. The van der Waals surface area contributed by atoms with E-state index in [-0.39, 0.29) is 5.78 Å². The number of rotatable bonds is 4. The Morgan fingerprint density at radius 3 is 1.60 bits per heavy atom. The first-order chi connectivity index (χ1) is 14.1. The molecule has 4 heterocycles. The second kappa shape index (κ2) is 8.25. The molecule has 4 bridgehead atoms. The Hall–Kier alpha value is -0.856. The Labute approximate surface area is 186 Å². The molecule has 0 aromatic carbocycles. The molecule has 3 nitrogen and oxygen atoms in total. The minimum atomic E-state index is -1.71. The average molecular weight is 441 g/mol. The van der Waals surface area contributed by atoms with Crippen molar-refractivity contribution in [2.45, 2.75) is 76.8 Å². The van der Waals surface area contributed by atoms with Crippen molar-refractivity contribution in [3.05, 3.63) is 0 Å². The smallest absolute Gasteiger partial charge is 0.277 e. The number of hydrogen-bond acceptors (Lipinski definition) is 3. The molecule has 4 aliphatic rings. The van der Waals surface area contributed by atoms with Gasteiger partial charge in [0.05, 0.1) is 0 Å². The van der Waals surface area contributed by atoms with E-state index in [1.165, 1.54) is 89.9 Å². The highest BCUT2D eigenvalue weighted by Crippen LogP contribution is 2.46. The maximum atomic E-state index is 12.5. The first-order valence-electron chi connectivity index (χ1n) is 12.1. The Morgan fingerprint density at radius 1 is 0.733 bits per heavy atom. The zero-order valence-corrected chi connectivity index (χ0v) is 21.7. The molecule has 4 saturated heterocycles. The fourth-order valence-corrected chi connectivity index (χ4v) is 12.9. The Balaban J connectivity index is 1.35. The van der Waals surface area contributed by atoms with Gasteiger partial charge in [0.25, 0.3) is 5.78 Å². The molecule has 4 atom stereocenters. The molecule has 4 rings (SSSR count). The summed E-state index contributed by atoms with van der Waals surface area (Å²) in [5.41, 5.74) is 7.88. The number of hydrogen-bond donors (Lipinski definition) is 0. The molecule has 0 N–H and O–H groups in total. The number of carbonyl (C=O) groups is 1. The highest BCUT2D eigenvalue weighted by atomic mass is 28.3. The molecular formula is C25H40N2OSi2. The molecule has 0 saturated carbocycles. The third kappa shape index (κ3) is 5.30. The van der Waals surface area contributed by atoms with Crippen molar-refractivity contribution < 1.29 is 4.79 Å². The summed E-state index contributed by atoms with van der Waals surface area (Å²) < 4.78 is 0. The van der Waals surface area contributed by atoms with Crippen molar-refractivity contribution in [1.29, 1.82) is 0 Å². The average Bonchev–Trinajstić information content (AvgIpc) is 3.11. The molecule has 0 aliphatic carbocycles. The lowest BCUT2D eigenvalue weighted by molar-refractivity contribution is -0.108. The van der Waals surface area contributed by atoms with Gasteiger partial charge in [-0.15, -0.1) is 11.1 Å². The molecule has 5 heteroatoms. The Kier molecular flexibility index (Phi) is 6.14. The maximum Gasteiger partial charge on any atom is 0.277 e. The summed E-state index contributed by atoms with van der Waals surface area (Å²) in [6.45, 7) is 17.0. The summed E-state index contributed by atoms with van der Waals surface area (Å²) in [5, 5.41) is 0. The highest BCUT2D eigenvalue weighted by Gasteiger charge is 2.45. The summed E-state index contributed by atoms with van der Waals surface area (Å²) in [7, 11) is -3.43. The Morgan fingerprint density at radius 2 is 1.17 bits per heavy atom. The van der Waals surface area contributed by atoms with Gasteiger partial charge in [-0.05, 0) is 99.5 Å². The second-order valence-corrected chi connectivity index (χ2v) is 21.0. The van der Waals surface area contributed by atoms with Gasteiger partial charge < -0.3 is 9.80 Å². The fourth-order valence-electron chi connectivity index (χ4n) is 7.11. The number of fused-ring (bicyclic) bond motifs is 4. The van der Waals surface area contributed by atoms with Crippen LogP contribution in [0.4, 0.5) is 0 Å². The number of piperidine rings is 2. The zero-order valence-electron chi connectivity index (χ0n) is 19.7. The van der Waals surface area contributed by atoms with Crippen LogP contribution in [0.15, 0.2) is 0 Å². The molecule has 0 aromatic rings. The van der Waals surface area contributed by atoms with Crippen LogP contribution in [0.25, 0.3) is 0 Å². The van der Waals surface area contributed by atoms with Crippen LogP contribution in [-0.4, -0.2) is 71.0 Å². The topological polar surface area (TPSA) is 23.6 Å². The molecule has 4 unspecified atom stereocenters. The first-order valence-corrected chi connectivity index (χ1v) is 18.6. The predicted molar refractivity (Wildman–Crippen MR) is 131 cm³/mol. The van der Waals surface area contributed by atoms with Crippen molar-refractivity contribution in [3.8, 4) is 22.9 Å².